The third-order valence-corrected chi connectivity index (χ3v) is 3.98. The second kappa shape index (κ2) is 7.89. The van der Waals surface area contributed by atoms with Crippen LogP contribution >= 0.6 is 11.8 Å². The number of anilines is 1. The van der Waals surface area contributed by atoms with Crippen molar-refractivity contribution in [2.24, 2.45) is 7.05 Å². The first-order chi connectivity index (χ1) is 10.6. The summed E-state index contributed by atoms with van der Waals surface area (Å²) in [5, 5.41) is 5.82. The molecule has 1 aromatic carbocycles. The maximum atomic E-state index is 12.0. The van der Waals surface area contributed by atoms with Crippen molar-refractivity contribution in [1.29, 1.82) is 0 Å². The first-order valence-electron chi connectivity index (χ1n) is 7.24. The molecule has 0 aliphatic rings. The SMILES string of the molecule is CSCCC(C)NC(=O)Nc1cccc(-c2nccn2C)c1. The Morgan fingerprint density at radius 3 is 2.95 bits per heavy atom. The smallest absolute Gasteiger partial charge is 0.319 e. The van der Waals surface area contributed by atoms with Crippen LogP contribution in [0.1, 0.15) is 13.3 Å². The van der Waals surface area contributed by atoms with Gasteiger partial charge in [-0.3, -0.25) is 0 Å². The van der Waals surface area contributed by atoms with E-state index in [1.807, 2.05) is 49.0 Å². The van der Waals surface area contributed by atoms with Crippen molar-refractivity contribution in [2.75, 3.05) is 17.3 Å². The highest BCUT2D eigenvalue weighted by Crippen LogP contribution is 2.20. The van der Waals surface area contributed by atoms with Gasteiger partial charge in [-0.05, 0) is 37.5 Å². The summed E-state index contributed by atoms with van der Waals surface area (Å²) in [4.78, 5) is 16.3. The highest BCUT2D eigenvalue weighted by atomic mass is 32.2. The fraction of sp³-hybridized carbons (Fsp3) is 0.375. The molecule has 0 spiro atoms. The number of hydrogen-bond acceptors (Lipinski definition) is 3. The number of nitrogens with zero attached hydrogens (tertiary/aromatic N) is 2. The Bertz CT molecular complexity index is 626. The average molecular weight is 318 g/mol. The van der Waals surface area contributed by atoms with Crippen LogP contribution in [0.5, 0.6) is 0 Å². The molecule has 0 fully saturated rings. The van der Waals surface area contributed by atoms with Crippen molar-refractivity contribution in [2.45, 2.75) is 19.4 Å². The summed E-state index contributed by atoms with van der Waals surface area (Å²) in [6.07, 6.45) is 6.68. The van der Waals surface area contributed by atoms with Crippen LogP contribution in [0.2, 0.25) is 0 Å². The lowest BCUT2D eigenvalue weighted by molar-refractivity contribution is 0.249. The number of thioether (sulfide) groups is 1. The minimum atomic E-state index is -0.175. The topological polar surface area (TPSA) is 59.0 Å². The second-order valence-corrected chi connectivity index (χ2v) is 6.21. The number of aromatic nitrogens is 2. The number of imidazole rings is 1. The predicted molar refractivity (Wildman–Crippen MR) is 93.3 cm³/mol. The van der Waals surface area contributed by atoms with Gasteiger partial charge in [-0.15, -0.1) is 0 Å². The molecule has 2 N–H and O–H groups in total. The Labute approximate surface area is 135 Å². The number of hydrogen-bond donors (Lipinski definition) is 2. The van der Waals surface area contributed by atoms with Gasteiger partial charge in [0.25, 0.3) is 0 Å². The minimum absolute atomic E-state index is 0.158. The van der Waals surface area contributed by atoms with Gasteiger partial charge in [0, 0.05) is 36.7 Å². The number of benzene rings is 1. The fourth-order valence-electron chi connectivity index (χ4n) is 2.14. The molecule has 118 valence electrons. The van der Waals surface area contributed by atoms with E-state index in [0.717, 1.165) is 29.2 Å². The molecule has 1 atom stereocenters. The van der Waals surface area contributed by atoms with Gasteiger partial charge in [-0.25, -0.2) is 9.78 Å². The molecule has 6 heteroatoms. The van der Waals surface area contributed by atoms with E-state index in [2.05, 4.69) is 21.9 Å². The number of amides is 2. The van der Waals surface area contributed by atoms with E-state index < -0.39 is 0 Å². The van der Waals surface area contributed by atoms with Gasteiger partial charge >= 0.3 is 6.03 Å². The van der Waals surface area contributed by atoms with Crippen LogP contribution in [0, 0.1) is 0 Å². The van der Waals surface area contributed by atoms with Crippen molar-refractivity contribution in [3.8, 4) is 11.4 Å². The Morgan fingerprint density at radius 1 is 1.45 bits per heavy atom. The molecular weight excluding hydrogens is 296 g/mol. The molecule has 1 unspecified atom stereocenters. The van der Waals surface area contributed by atoms with Gasteiger partial charge in [0.1, 0.15) is 5.82 Å². The Balaban J connectivity index is 1.99. The van der Waals surface area contributed by atoms with Crippen molar-refractivity contribution in [1.82, 2.24) is 14.9 Å². The normalized spacial score (nSPS) is 12.0. The summed E-state index contributed by atoms with van der Waals surface area (Å²) < 4.78 is 1.95. The Hall–Kier alpha value is -1.95. The molecule has 2 amide bonds. The summed E-state index contributed by atoms with van der Waals surface area (Å²) in [6, 6.07) is 7.67. The first-order valence-corrected chi connectivity index (χ1v) is 8.63. The summed E-state index contributed by atoms with van der Waals surface area (Å²) in [6.45, 7) is 2.01. The molecule has 0 saturated carbocycles. The van der Waals surface area contributed by atoms with Crippen molar-refractivity contribution in [3.05, 3.63) is 36.7 Å². The van der Waals surface area contributed by atoms with Crippen molar-refractivity contribution in [3.63, 3.8) is 0 Å². The molecule has 1 heterocycles. The van der Waals surface area contributed by atoms with Gasteiger partial charge in [-0.2, -0.15) is 11.8 Å². The number of rotatable bonds is 6. The maximum absolute atomic E-state index is 12.0. The number of aryl methyl sites for hydroxylation is 1. The quantitative estimate of drug-likeness (QED) is 0.858. The van der Waals surface area contributed by atoms with Crippen LogP contribution in [0.15, 0.2) is 36.7 Å². The zero-order valence-electron chi connectivity index (χ0n) is 13.2. The van der Waals surface area contributed by atoms with E-state index in [9.17, 15) is 4.79 Å². The lowest BCUT2D eigenvalue weighted by Gasteiger charge is -2.14. The van der Waals surface area contributed by atoms with Crippen LogP contribution < -0.4 is 10.6 Å². The molecular formula is C16H22N4OS. The Morgan fingerprint density at radius 2 is 2.27 bits per heavy atom. The van der Waals surface area contributed by atoms with E-state index >= 15 is 0 Å². The lowest BCUT2D eigenvalue weighted by atomic mass is 10.2. The zero-order valence-corrected chi connectivity index (χ0v) is 14.0. The highest BCUT2D eigenvalue weighted by molar-refractivity contribution is 7.98. The highest BCUT2D eigenvalue weighted by Gasteiger charge is 2.08. The number of nitrogens with one attached hydrogen (secondary N) is 2. The maximum Gasteiger partial charge on any atom is 0.319 e. The number of carbonyl (C=O) groups excluding carboxylic acids is 1. The van der Waals surface area contributed by atoms with Crippen LogP contribution in [0.25, 0.3) is 11.4 Å². The average Bonchev–Trinajstić information content (AvgIpc) is 2.91. The van der Waals surface area contributed by atoms with Crippen LogP contribution in [-0.4, -0.2) is 33.6 Å². The molecule has 1 aromatic heterocycles. The van der Waals surface area contributed by atoms with Gasteiger partial charge in [0.15, 0.2) is 0 Å². The van der Waals surface area contributed by atoms with E-state index in [0.29, 0.717) is 0 Å². The molecule has 0 saturated heterocycles. The summed E-state index contributed by atoms with van der Waals surface area (Å²) in [7, 11) is 1.95. The molecule has 0 bridgehead atoms. The molecule has 0 aliphatic heterocycles. The first kappa shape index (κ1) is 16.4. The molecule has 22 heavy (non-hydrogen) atoms. The van der Waals surface area contributed by atoms with Gasteiger partial charge < -0.3 is 15.2 Å². The van der Waals surface area contributed by atoms with E-state index in [4.69, 9.17) is 0 Å². The number of urea groups is 1. The standard InChI is InChI=1S/C16H22N4OS/c1-12(7-10-22-3)18-16(21)19-14-6-4-5-13(11-14)15-17-8-9-20(15)2/h4-6,8-9,11-12H,7,10H2,1-3H3,(H2,18,19,21). The largest absolute Gasteiger partial charge is 0.335 e. The fourth-order valence-corrected chi connectivity index (χ4v) is 2.73. The molecule has 2 rings (SSSR count). The van der Waals surface area contributed by atoms with Crippen LogP contribution in [-0.2, 0) is 7.05 Å². The summed E-state index contributed by atoms with van der Waals surface area (Å²) >= 11 is 1.78. The van der Waals surface area contributed by atoms with Crippen LogP contribution in [0.4, 0.5) is 10.5 Å². The summed E-state index contributed by atoms with van der Waals surface area (Å²) in [5.74, 6) is 1.91. The van der Waals surface area contributed by atoms with Gasteiger partial charge in [0.2, 0.25) is 0 Å². The Kier molecular flexibility index (Phi) is 5.89. The second-order valence-electron chi connectivity index (χ2n) is 5.22. The van der Waals surface area contributed by atoms with Gasteiger partial charge in [-0.1, -0.05) is 12.1 Å². The van der Waals surface area contributed by atoms with E-state index in [-0.39, 0.29) is 12.1 Å². The zero-order chi connectivity index (χ0) is 15.9. The number of carbonyl (C=O) groups is 1. The molecule has 2 aromatic rings. The van der Waals surface area contributed by atoms with Gasteiger partial charge in [0.05, 0.1) is 0 Å². The lowest BCUT2D eigenvalue weighted by Crippen LogP contribution is -2.36. The van der Waals surface area contributed by atoms with Crippen molar-refractivity contribution >= 4 is 23.5 Å². The van der Waals surface area contributed by atoms with Crippen LogP contribution in [0.3, 0.4) is 0 Å². The van der Waals surface area contributed by atoms with E-state index in [1.165, 1.54) is 0 Å². The predicted octanol–water partition coefficient (Wildman–Crippen LogP) is 3.35. The van der Waals surface area contributed by atoms with Crippen molar-refractivity contribution < 1.29 is 4.79 Å². The minimum Gasteiger partial charge on any atom is -0.335 e. The third kappa shape index (κ3) is 4.53. The third-order valence-electron chi connectivity index (χ3n) is 3.33. The molecule has 0 radical (unpaired) electrons. The summed E-state index contributed by atoms with van der Waals surface area (Å²) in [5.41, 5.74) is 1.73. The van der Waals surface area contributed by atoms with E-state index in [1.54, 1.807) is 18.0 Å². The molecule has 0 aliphatic carbocycles. The monoisotopic (exact) mass is 318 g/mol. The molecule has 5 nitrogen and oxygen atoms in total.